The molecule has 0 aromatic carbocycles. The van der Waals surface area contributed by atoms with Crippen LogP contribution in [0, 0.1) is 6.92 Å². The molecule has 1 aromatic rings. The van der Waals surface area contributed by atoms with Crippen molar-refractivity contribution < 1.29 is 22.7 Å². The summed E-state index contributed by atoms with van der Waals surface area (Å²) in [4.78, 5) is 14.1. The van der Waals surface area contributed by atoms with Gasteiger partial charge in [-0.15, -0.1) is 11.3 Å². The van der Waals surface area contributed by atoms with Gasteiger partial charge in [0.25, 0.3) is 0 Å². The van der Waals surface area contributed by atoms with Gasteiger partial charge in [0.2, 0.25) is 0 Å². The average Bonchev–Trinajstić information content (AvgIpc) is 2.45. The fourth-order valence-corrected chi connectivity index (χ4v) is 1.65. The number of esters is 1. The minimum absolute atomic E-state index is 0.0363. The highest BCUT2D eigenvalue weighted by Crippen LogP contribution is 2.34. The van der Waals surface area contributed by atoms with Gasteiger partial charge >= 0.3 is 12.1 Å². The number of rotatable bonds is 1. The summed E-state index contributed by atoms with van der Waals surface area (Å²) in [6, 6.07) is 0. The van der Waals surface area contributed by atoms with Gasteiger partial charge in [0.1, 0.15) is 4.88 Å². The zero-order chi connectivity index (χ0) is 10.9. The predicted molar refractivity (Wildman–Crippen MR) is 43.2 cm³/mol. The lowest BCUT2D eigenvalue weighted by atomic mass is 10.4. The molecule has 0 N–H and O–H groups in total. The third-order valence-electron chi connectivity index (χ3n) is 1.41. The van der Waals surface area contributed by atoms with Crippen molar-refractivity contribution in [1.82, 2.24) is 4.98 Å². The van der Waals surface area contributed by atoms with Crippen LogP contribution in [0.1, 0.15) is 20.4 Å². The van der Waals surface area contributed by atoms with Crippen molar-refractivity contribution in [2.75, 3.05) is 7.11 Å². The molecule has 0 saturated heterocycles. The molecule has 1 rings (SSSR count). The lowest BCUT2D eigenvalue weighted by molar-refractivity contribution is -0.137. The van der Waals surface area contributed by atoms with Crippen LogP contribution in [0.2, 0.25) is 0 Å². The Hall–Kier alpha value is -1.11. The number of hydrogen-bond donors (Lipinski definition) is 0. The zero-order valence-electron chi connectivity index (χ0n) is 7.31. The van der Waals surface area contributed by atoms with E-state index in [4.69, 9.17) is 0 Å². The van der Waals surface area contributed by atoms with Crippen LogP contribution in [0.25, 0.3) is 0 Å². The number of aromatic nitrogens is 1. The lowest BCUT2D eigenvalue weighted by Crippen LogP contribution is -2.03. The largest absolute Gasteiger partial charge is 0.465 e. The first-order valence-corrected chi connectivity index (χ1v) is 4.31. The molecule has 0 fully saturated rings. The van der Waals surface area contributed by atoms with Crippen molar-refractivity contribution in [3.05, 3.63) is 15.6 Å². The van der Waals surface area contributed by atoms with Crippen molar-refractivity contribution in [3.8, 4) is 0 Å². The number of nitrogens with zero attached hydrogens (tertiary/aromatic N) is 1. The quantitative estimate of drug-likeness (QED) is 0.688. The smallest absolute Gasteiger partial charge is 0.443 e. The third-order valence-corrected chi connectivity index (χ3v) is 2.59. The highest BCUT2D eigenvalue weighted by atomic mass is 32.1. The zero-order valence-corrected chi connectivity index (χ0v) is 8.12. The van der Waals surface area contributed by atoms with Gasteiger partial charge in [-0.05, 0) is 6.92 Å². The first-order chi connectivity index (χ1) is 6.36. The maximum atomic E-state index is 12.1. The van der Waals surface area contributed by atoms with Crippen LogP contribution < -0.4 is 0 Å². The minimum Gasteiger partial charge on any atom is -0.465 e. The number of methoxy groups -OCH3 is 1. The van der Waals surface area contributed by atoms with E-state index in [1.165, 1.54) is 6.92 Å². The molecule has 14 heavy (non-hydrogen) atoms. The van der Waals surface area contributed by atoms with E-state index in [2.05, 4.69) is 9.72 Å². The van der Waals surface area contributed by atoms with Crippen LogP contribution in [0.15, 0.2) is 0 Å². The molecule has 0 amide bonds. The summed E-state index contributed by atoms with van der Waals surface area (Å²) in [5, 5.41) is -1.03. The summed E-state index contributed by atoms with van der Waals surface area (Å²) in [5.74, 6) is -0.796. The van der Waals surface area contributed by atoms with Gasteiger partial charge in [0, 0.05) is 0 Å². The predicted octanol–water partition coefficient (Wildman–Crippen LogP) is 2.26. The summed E-state index contributed by atoms with van der Waals surface area (Å²) >= 11 is 0.288. The van der Waals surface area contributed by atoms with Crippen LogP contribution >= 0.6 is 11.3 Å². The van der Waals surface area contributed by atoms with Crippen LogP contribution in [-0.4, -0.2) is 18.1 Å². The minimum atomic E-state index is -4.51. The van der Waals surface area contributed by atoms with Crippen molar-refractivity contribution in [2.45, 2.75) is 13.1 Å². The standard InChI is InChI=1S/C7H6F3NO2S/c1-3-4(5(12)13-2)14-6(11-3)7(8,9)10/h1-2H3. The number of aryl methyl sites for hydroxylation is 1. The molecule has 0 aliphatic heterocycles. The maximum Gasteiger partial charge on any atom is 0.443 e. The van der Waals surface area contributed by atoms with Crippen molar-refractivity contribution >= 4 is 17.3 Å². The van der Waals surface area contributed by atoms with Crippen LogP contribution in [-0.2, 0) is 10.9 Å². The molecule has 0 radical (unpaired) electrons. The molecule has 3 nitrogen and oxygen atoms in total. The Morgan fingerprint density at radius 1 is 1.50 bits per heavy atom. The van der Waals surface area contributed by atoms with E-state index in [0.717, 1.165) is 7.11 Å². The number of ether oxygens (including phenoxy) is 1. The molecule has 0 saturated carbocycles. The summed E-state index contributed by atoms with van der Waals surface area (Å²) in [7, 11) is 1.11. The Kier molecular flexibility index (Phi) is 2.79. The Morgan fingerprint density at radius 3 is 2.43 bits per heavy atom. The molecular formula is C7H6F3NO2S. The van der Waals surface area contributed by atoms with E-state index in [1.54, 1.807) is 0 Å². The Bertz CT molecular complexity index is 358. The molecule has 0 spiro atoms. The Balaban J connectivity index is 3.12. The second-order valence-electron chi connectivity index (χ2n) is 2.42. The third kappa shape index (κ3) is 2.03. The van der Waals surface area contributed by atoms with E-state index in [-0.39, 0.29) is 21.9 Å². The van der Waals surface area contributed by atoms with E-state index in [0.29, 0.717) is 0 Å². The highest BCUT2D eigenvalue weighted by Gasteiger charge is 2.36. The fraction of sp³-hybridized carbons (Fsp3) is 0.429. The number of alkyl halides is 3. The number of hydrogen-bond acceptors (Lipinski definition) is 4. The summed E-state index contributed by atoms with van der Waals surface area (Å²) in [6.07, 6.45) is -4.51. The molecule has 1 aromatic heterocycles. The molecule has 78 valence electrons. The van der Waals surface area contributed by atoms with Crippen LogP contribution in [0.4, 0.5) is 13.2 Å². The molecule has 0 unspecified atom stereocenters. The van der Waals surface area contributed by atoms with E-state index in [9.17, 15) is 18.0 Å². The van der Waals surface area contributed by atoms with Crippen LogP contribution in [0.5, 0.6) is 0 Å². The molecule has 0 bridgehead atoms. The number of carbonyl (C=O) groups excluding carboxylic acids is 1. The van der Waals surface area contributed by atoms with Gasteiger partial charge in [-0.25, -0.2) is 9.78 Å². The molecule has 0 atom stereocenters. The Labute approximate surface area is 81.5 Å². The van der Waals surface area contributed by atoms with Crippen LogP contribution in [0.3, 0.4) is 0 Å². The Morgan fingerprint density at radius 2 is 2.07 bits per heavy atom. The number of halogens is 3. The molecule has 7 heteroatoms. The summed E-state index contributed by atoms with van der Waals surface area (Å²) < 4.78 is 40.7. The van der Waals surface area contributed by atoms with Gasteiger partial charge in [0.15, 0.2) is 5.01 Å². The molecular weight excluding hydrogens is 219 g/mol. The average molecular weight is 225 g/mol. The monoisotopic (exact) mass is 225 g/mol. The first-order valence-electron chi connectivity index (χ1n) is 3.49. The SMILES string of the molecule is COC(=O)c1sc(C(F)(F)F)nc1C. The fourth-order valence-electron chi connectivity index (χ4n) is 0.800. The summed E-state index contributed by atoms with van der Waals surface area (Å²) in [6.45, 7) is 1.33. The molecule has 1 heterocycles. The highest BCUT2D eigenvalue weighted by molar-refractivity contribution is 7.13. The maximum absolute atomic E-state index is 12.1. The van der Waals surface area contributed by atoms with E-state index in [1.807, 2.05) is 0 Å². The first kappa shape index (κ1) is 11.0. The van der Waals surface area contributed by atoms with E-state index >= 15 is 0 Å². The molecule has 0 aliphatic rings. The number of carbonyl (C=O) groups is 1. The van der Waals surface area contributed by atoms with Crippen molar-refractivity contribution in [2.24, 2.45) is 0 Å². The number of thiazole rings is 1. The van der Waals surface area contributed by atoms with Gasteiger partial charge in [0.05, 0.1) is 12.8 Å². The molecule has 0 aliphatic carbocycles. The second-order valence-corrected chi connectivity index (χ2v) is 3.42. The van der Waals surface area contributed by atoms with Crippen molar-refractivity contribution in [3.63, 3.8) is 0 Å². The van der Waals surface area contributed by atoms with Gasteiger partial charge in [-0.3, -0.25) is 0 Å². The van der Waals surface area contributed by atoms with E-state index < -0.39 is 17.2 Å². The van der Waals surface area contributed by atoms with Gasteiger partial charge in [-0.1, -0.05) is 0 Å². The normalized spacial score (nSPS) is 11.5. The van der Waals surface area contributed by atoms with Gasteiger partial charge < -0.3 is 4.74 Å². The second kappa shape index (κ2) is 3.56. The van der Waals surface area contributed by atoms with Crippen molar-refractivity contribution in [1.29, 1.82) is 0 Å². The van der Waals surface area contributed by atoms with Gasteiger partial charge in [-0.2, -0.15) is 13.2 Å². The summed E-state index contributed by atoms with van der Waals surface area (Å²) in [5.41, 5.74) is 0.0363. The lowest BCUT2D eigenvalue weighted by Gasteiger charge is -1.98. The topological polar surface area (TPSA) is 39.2 Å².